The molecule has 7 heteroatoms. The third-order valence-electron chi connectivity index (χ3n) is 2.78. The van der Waals surface area contributed by atoms with Gasteiger partial charge in [0, 0.05) is 12.6 Å². The Balaban J connectivity index is 1.84. The fourth-order valence-electron chi connectivity index (χ4n) is 1.84. The minimum Gasteiger partial charge on any atom is -0.438 e. The minimum absolute atomic E-state index is 0.336. The van der Waals surface area contributed by atoms with E-state index >= 15 is 0 Å². The Labute approximate surface area is 114 Å². The number of benzene rings is 1. The summed E-state index contributed by atoms with van der Waals surface area (Å²) < 4.78 is 6.77. The number of H-pyrrole nitrogens is 1. The van der Waals surface area contributed by atoms with Crippen molar-refractivity contribution in [2.45, 2.75) is 6.54 Å². The first-order valence-electron chi connectivity index (χ1n) is 6.12. The molecule has 7 nitrogen and oxygen atoms in total. The Bertz CT molecular complexity index is 775. The van der Waals surface area contributed by atoms with Crippen LogP contribution in [0.1, 0.15) is 5.56 Å². The van der Waals surface area contributed by atoms with Gasteiger partial charge >= 0.3 is 5.69 Å². The highest BCUT2D eigenvalue weighted by molar-refractivity contribution is 5.37. The molecular formula is C13H13N5O2. The molecule has 0 aliphatic heterocycles. The number of rotatable bonds is 4. The maximum Gasteiger partial charge on any atom is 0.364 e. The van der Waals surface area contributed by atoms with E-state index in [0.717, 1.165) is 16.6 Å². The van der Waals surface area contributed by atoms with Crippen LogP contribution in [0.25, 0.3) is 5.65 Å². The van der Waals surface area contributed by atoms with Gasteiger partial charge in [-0.15, -0.1) is 5.10 Å². The number of ether oxygens (including phenoxy) is 1. The Kier molecular flexibility index (Phi) is 3.18. The number of hydrogen-bond donors (Lipinski definition) is 2. The average molecular weight is 271 g/mol. The molecule has 2 N–H and O–H groups in total. The smallest absolute Gasteiger partial charge is 0.364 e. The van der Waals surface area contributed by atoms with E-state index in [1.165, 1.54) is 0 Å². The average Bonchev–Trinajstić information content (AvgIpc) is 2.83. The molecule has 0 unspecified atom stereocenters. The SMILES string of the molecule is CNCc1ccc(Oc2ccc3n[nH]c(=O)n3n2)cc1. The van der Waals surface area contributed by atoms with Crippen molar-refractivity contribution >= 4 is 5.65 Å². The molecule has 20 heavy (non-hydrogen) atoms. The molecule has 0 aliphatic rings. The third kappa shape index (κ3) is 2.39. The highest BCUT2D eigenvalue weighted by atomic mass is 16.5. The molecule has 0 amide bonds. The summed E-state index contributed by atoms with van der Waals surface area (Å²) in [5.41, 5.74) is 1.22. The number of fused-ring (bicyclic) bond motifs is 1. The fourth-order valence-corrected chi connectivity index (χ4v) is 1.84. The molecule has 0 bridgehead atoms. The molecule has 0 saturated heterocycles. The lowest BCUT2D eigenvalue weighted by Gasteiger charge is -2.05. The van der Waals surface area contributed by atoms with Gasteiger partial charge in [-0.05, 0) is 30.8 Å². The molecular weight excluding hydrogens is 258 g/mol. The second-order valence-electron chi connectivity index (χ2n) is 4.25. The standard InChI is InChI=1S/C13H13N5O2/c1-14-8-9-2-4-10(5-3-9)20-12-7-6-11-15-16-13(19)18(11)17-12/h2-7,14H,8H2,1H3,(H,16,19). The van der Waals surface area contributed by atoms with E-state index in [0.29, 0.717) is 17.3 Å². The lowest BCUT2D eigenvalue weighted by atomic mass is 10.2. The lowest BCUT2D eigenvalue weighted by molar-refractivity contribution is 0.451. The number of nitrogens with one attached hydrogen (secondary N) is 2. The molecule has 0 saturated carbocycles. The van der Waals surface area contributed by atoms with E-state index in [9.17, 15) is 4.79 Å². The molecule has 2 heterocycles. The summed E-state index contributed by atoms with van der Waals surface area (Å²) in [6.07, 6.45) is 0. The second-order valence-corrected chi connectivity index (χ2v) is 4.25. The maximum atomic E-state index is 11.4. The lowest BCUT2D eigenvalue weighted by Crippen LogP contribution is -2.12. The van der Waals surface area contributed by atoms with E-state index in [-0.39, 0.29) is 0 Å². The Morgan fingerprint density at radius 1 is 1.25 bits per heavy atom. The van der Waals surface area contributed by atoms with Crippen LogP contribution < -0.4 is 15.7 Å². The molecule has 102 valence electrons. The van der Waals surface area contributed by atoms with Crippen LogP contribution in [0.3, 0.4) is 0 Å². The summed E-state index contributed by atoms with van der Waals surface area (Å²) in [4.78, 5) is 11.4. The number of aromatic nitrogens is 4. The van der Waals surface area contributed by atoms with Crippen LogP contribution in [0, 0.1) is 0 Å². The number of hydrogen-bond acceptors (Lipinski definition) is 5. The quantitative estimate of drug-likeness (QED) is 0.737. The summed E-state index contributed by atoms with van der Waals surface area (Å²) in [5.74, 6) is 0.996. The van der Waals surface area contributed by atoms with Gasteiger partial charge in [0.15, 0.2) is 5.65 Å². The number of aromatic amines is 1. The van der Waals surface area contributed by atoms with Crippen molar-refractivity contribution in [3.05, 3.63) is 52.4 Å². The van der Waals surface area contributed by atoms with Gasteiger partial charge in [-0.2, -0.15) is 9.61 Å². The van der Waals surface area contributed by atoms with Crippen LogP contribution in [0.2, 0.25) is 0 Å². The first-order chi connectivity index (χ1) is 9.76. The van der Waals surface area contributed by atoms with Crippen molar-refractivity contribution < 1.29 is 4.74 Å². The normalized spacial score (nSPS) is 10.8. The van der Waals surface area contributed by atoms with Crippen molar-refractivity contribution in [1.29, 1.82) is 0 Å². The zero-order valence-corrected chi connectivity index (χ0v) is 10.8. The predicted molar refractivity (Wildman–Crippen MR) is 72.9 cm³/mol. The summed E-state index contributed by atoms with van der Waals surface area (Å²) in [5, 5.41) is 13.3. The van der Waals surface area contributed by atoms with Crippen molar-refractivity contribution in [3.8, 4) is 11.6 Å². The summed E-state index contributed by atoms with van der Waals surface area (Å²) >= 11 is 0. The van der Waals surface area contributed by atoms with Crippen LogP contribution in [0.15, 0.2) is 41.2 Å². The van der Waals surface area contributed by atoms with Gasteiger partial charge < -0.3 is 10.1 Å². The first kappa shape index (κ1) is 12.4. The molecule has 3 aromatic rings. The van der Waals surface area contributed by atoms with Crippen LogP contribution in [0.5, 0.6) is 11.6 Å². The van der Waals surface area contributed by atoms with E-state index in [2.05, 4.69) is 20.6 Å². The third-order valence-corrected chi connectivity index (χ3v) is 2.78. The monoisotopic (exact) mass is 271 g/mol. The summed E-state index contributed by atoms with van der Waals surface area (Å²) in [6, 6.07) is 11.0. The predicted octanol–water partition coefficient (Wildman–Crippen LogP) is 0.929. The van der Waals surface area contributed by atoms with E-state index in [1.807, 2.05) is 31.3 Å². The number of nitrogens with zero attached hydrogens (tertiary/aromatic N) is 3. The topological polar surface area (TPSA) is 84.3 Å². The van der Waals surface area contributed by atoms with Gasteiger partial charge in [0.2, 0.25) is 5.88 Å². The Morgan fingerprint density at radius 3 is 2.80 bits per heavy atom. The van der Waals surface area contributed by atoms with Crippen molar-refractivity contribution in [1.82, 2.24) is 25.1 Å². The van der Waals surface area contributed by atoms with E-state index in [4.69, 9.17) is 4.74 Å². The molecule has 0 spiro atoms. The highest BCUT2D eigenvalue weighted by Gasteiger charge is 2.04. The summed E-state index contributed by atoms with van der Waals surface area (Å²) in [7, 11) is 1.90. The van der Waals surface area contributed by atoms with Gasteiger partial charge in [0.25, 0.3) is 0 Å². The second kappa shape index (κ2) is 5.14. The maximum absolute atomic E-state index is 11.4. The van der Waals surface area contributed by atoms with Gasteiger partial charge in [-0.25, -0.2) is 9.89 Å². The molecule has 0 atom stereocenters. The minimum atomic E-state index is -0.394. The molecule has 3 rings (SSSR count). The van der Waals surface area contributed by atoms with Crippen LogP contribution in [-0.4, -0.2) is 26.9 Å². The van der Waals surface area contributed by atoms with Crippen molar-refractivity contribution in [2.75, 3.05) is 7.05 Å². The van der Waals surface area contributed by atoms with Gasteiger partial charge in [-0.3, -0.25) is 0 Å². The van der Waals surface area contributed by atoms with Crippen molar-refractivity contribution in [3.63, 3.8) is 0 Å². The molecule has 0 radical (unpaired) electrons. The van der Waals surface area contributed by atoms with Gasteiger partial charge in [-0.1, -0.05) is 12.1 Å². The Morgan fingerprint density at radius 2 is 2.05 bits per heavy atom. The summed E-state index contributed by atoms with van der Waals surface area (Å²) in [6.45, 7) is 0.800. The van der Waals surface area contributed by atoms with E-state index in [1.54, 1.807) is 12.1 Å². The van der Waals surface area contributed by atoms with E-state index < -0.39 is 5.69 Å². The largest absolute Gasteiger partial charge is 0.438 e. The zero-order valence-electron chi connectivity index (χ0n) is 10.8. The fraction of sp³-hybridized carbons (Fsp3) is 0.154. The van der Waals surface area contributed by atoms with Crippen LogP contribution in [-0.2, 0) is 6.54 Å². The van der Waals surface area contributed by atoms with Gasteiger partial charge in [0.1, 0.15) is 5.75 Å². The zero-order chi connectivity index (χ0) is 13.9. The van der Waals surface area contributed by atoms with Gasteiger partial charge in [0.05, 0.1) is 0 Å². The van der Waals surface area contributed by atoms with Crippen LogP contribution >= 0.6 is 0 Å². The van der Waals surface area contributed by atoms with Crippen LogP contribution in [0.4, 0.5) is 0 Å². The first-order valence-corrected chi connectivity index (χ1v) is 6.12. The molecule has 1 aromatic carbocycles. The Hall–Kier alpha value is -2.67. The molecule has 0 fully saturated rings. The highest BCUT2D eigenvalue weighted by Crippen LogP contribution is 2.19. The molecule has 2 aromatic heterocycles. The van der Waals surface area contributed by atoms with Crippen molar-refractivity contribution in [2.24, 2.45) is 0 Å². The molecule has 0 aliphatic carbocycles.